The van der Waals surface area contributed by atoms with Crippen molar-refractivity contribution in [3.63, 3.8) is 0 Å². The van der Waals surface area contributed by atoms with Gasteiger partial charge < -0.3 is 10.6 Å². The van der Waals surface area contributed by atoms with Crippen LogP contribution in [0.5, 0.6) is 0 Å². The third-order valence-corrected chi connectivity index (χ3v) is 3.63. The largest absolute Gasteiger partial charge is 0.388 e. The Kier molecular flexibility index (Phi) is 5.30. The van der Waals surface area contributed by atoms with Crippen LogP contribution in [0.25, 0.3) is 10.8 Å². The van der Waals surface area contributed by atoms with Gasteiger partial charge in [0.1, 0.15) is 12.2 Å². The number of benzene rings is 2. The Morgan fingerprint density at radius 1 is 1.18 bits per heavy atom. The van der Waals surface area contributed by atoms with E-state index in [1.54, 1.807) is 12.1 Å². The summed E-state index contributed by atoms with van der Waals surface area (Å²) in [5.74, 6) is 5.78. The SMILES string of the molecule is CN(C)CCC(c1ccc(F)c2ccccc12)N(N)/N=C\N. The maximum atomic E-state index is 14.0. The molecular formula is C16H22FN5. The highest BCUT2D eigenvalue weighted by Gasteiger charge is 2.20. The van der Waals surface area contributed by atoms with Crippen molar-refractivity contribution in [1.82, 2.24) is 10.0 Å². The molecule has 0 heterocycles. The summed E-state index contributed by atoms with van der Waals surface area (Å²) in [4.78, 5) is 2.07. The van der Waals surface area contributed by atoms with E-state index in [1.807, 2.05) is 32.3 Å². The molecule has 5 nitrogen and oxygen atoms in total. The van der Waals surface area contributed by atoms with E-state index in [-0.39, 0.29) is 11.9 Å². The Bertz CT molecular complexity index is 656. The number of halogens is 1. The fourth-order valence-electron chi connectivity index (χ4n) is 2.54. The first-order valence-corrected chi connectivity index (χ1v) is 7.14. The van der Waals surface area contributed by atoms with Gasteiger partial charge in [0, 0.05) is 5.39 Å². The van der Waals surface area contributed by atoms with Crippen molar-refractivity contribution < 1.29 is 4.39 Å². The van der Waals surface area contributed by atoms with Crippen molar-refractivity contribution in [3.8, 4) is 0 Å². The summed E-state index contributed by atoms with van der Waals surface area (Å²) >= 11 is 0. The monoisotopic (exact) mass is 303 g/mol. The Labute approximate surface area is 130 Å². The molecule has 0 fully saturated rings. The molecule has 2 rings (SSSR count). The van der Waals surface area contributed by atoms with E-state index in [0.29, 0.717) is 5.39 Å². The van der Waals surface area contributed by atoms with Crippen molar-refractivity contribution in [1.29, 1.82) is 0 Å². The zero-order valence-electron chi connectivity index (χ0n) is 12.9. The maximum Gasteiger partial charge on any atom is 0.131 e. The number of hydrogen-bond donors (Lipinski definition) is 2. The molecule has 0 aliphatic heterocycles. The molecule has 0 spiro atoms. The van der Waals surface area contributed by atoms with Crippen LogP contribution in [-0.4, -0.2) is 37.0 Å². The summed E-state index contributed by atoms with van der Waals surface area (Å²) < 4.78 is 14.0. The summed E-state index contributed by atoms with van der Waals surface area (Å²) in [7, 11) is 3.99. The molecule has 2 aromatic rings. The van der Waals surface area contributed by atoms with Crippen LogP contribution in [0.3, 0.4) is 0 Å². The normalized spacial score (nSPS) is 13.1. The van der Waals surface area contributed by atoms with Crippen LogP contribution >= 0.6 is 0 Å². The summed E-state index contributed by atoms with van der Waals surface area (Å²) in [6.45, 7) is 0.824. The Morgan fingerprint density at radius 3 is 2.50 bits per heavy atom. The minimum absolute atomic E-state index is 0.187. The summed E-state index contributed by atoms with van der Waals surface area (Å²) in [5, 5.41) is 6.72. The van der Waals surface area contributed by atoms with Crippen LogP contribution in [0.15, 0.2) is 41.5 Å². The molecule has 0 amide bonds. The van der Waals surface area contributed by atoms with Gasteiger partial charge in [-0.2, -0.15) is 5.10 Å². The number of fused-ring (bicyclic) bond motifs is 1. The van der Waals surface area contributed by atoms with Gasteiger partial charge >= 0.3 is 0 Å². The number of nitrogens with zero attached hydrogens (tertiary/aromatic N) is 3. The number of hydrazine groups is 1. The third-order valence-electron chi connectivity index (χ3n) is 3.63. The maximum absolute atomic E-state index is 14.0. The van der Waals surface area contributed by atoms with Gasteiger partial charge in [0.25, 0.3) is 0 Å². The highest BCUT2D eigenvalue weighted by Crippen LogP contribution is 2.31. The van der Waals surface area contributed by atoms with E-state index in [4.69, 9.17) is 11.6 Å². The number of hydrazone groups is 1. The van der Waals surface area contributed by atoms with Crippen molar-refractivity contribution in [2.75, 3.05) is 20.6 Å². The summed E-state index contributed by atoms with van der Waals surface area (Å²) in [5.41, 5.74) is 6.29. The van der Waals surface area contributed by atoms with Crippen molar-refractivity contribution in [2.45, 2.75) is 12.5 Å². The van der Waals surface area contributed by atoms with E-state index < -0.39 is 0 Å². The van der Waals surface area contributed by atoms with Crippen LogP contribution in [0.4, 0.5) is 4.39 Å². The van der Waals surface area contributed by atoms with Crippen molar-refractivity contribution >= 4 is 17.1 Å². The molecule has 0 radical (unpaired) electrons. The highest BCUT2D eigenvalue weighted by atomic mass is 19.1. The van der Waals surface area contributed by atoms with E-state index in [1.165, 1.54) is 11.2 Å². The zero-order valence-corrected chi connectivity index (χ0v) is 12.9. The first-order valence-electron chi connectivity index (χ1n) is 7.14. The smallest absolute Gasteiger partial charge is 0.131 e. The molecule has 1 atom stereocenters. The average molecular weight is 303 g/mol. The number of rotatable bonds is 6. The van der Waals surface area contributed by atoms with Crippen molar-refractivity contribution in [2.24, 2.45) is 16.7 Å². The lowest BCUT2D eigenvalue weighted by molar-refractivity contribution is 0.188. The Hall–Kier alpha value is -2.18. The predicted molar refractivity (Wildman–Crippen MR) is 88.5 cm³/mol. The number of nitrogens with two attached hydrogens (primary N) is 2. The highest BCUT2D eigenvalue weighted by molar-refractivity contribution is 5.86. The molecular weight excluding hydrogens is 281 g/mol. The quantitative estimate of drug-likeness (QED) is 0.371. The van der Waals surface area contributed by atoms with Crippen LogP contribution < -0.4 is 11.6 Å². The topological polar surface area (TPSA) is 70.9 Å². The Morgan fingerprint density at radius 2 is 1.86 bits per heavy atom. The molecule has 22 heavy (non-hydrogen) atoms. The fraction of sp³-hybridized carbons (Fsp3) is 0.312. The molecule has 0 aliphatic carbocycles. The van der Waals surface area contributed by atoms with Crippen molar-refractivity contribution in [3.05, 3.63) is 47.8 Å². The number of hydrogen-bond acceptors (Lipinski definition) is 4. The third kappa shape index (κ3) is 3.52. The molecule has 4 N–H and O–H groups in total. The second kappa shape index (κ2) is 7.20. The second-order valence-electron chi connectivity index (χ2n) is 5.43. The molecule has 0 aliphatic rings. The van der Waals surface area contributed by atoms with Crippen LogP contribution in [0, 0.1) is 5.82 Å². The van der Waals surface area contributed by atoms with Crippen LogP contribution in [0.2, 0.25) is 0 Å². The van der Waals surface area contributed by atoms with Gasteiger partial charge in [-0.15, -0.1) is 0 Å². The van der Waals surface area contributed by atoms with Gasteiger partial charge in [-0.25, -0.2) is 15.4 Å². The van der Waals surface area contributed by atoms with Gasteiger partial charge in [0.2, 0.25) is 0 Å². The minimum Gasteiger partial charge on any atom is -0.388 e. The summed E-state index contributed by atoms with van der Waals surface area (Å²) in [6, 6.07) is 10.4. The van der Waals surface area contributed by atoms with Gasteiger partial charge in [-0.3, -0.25) is 0 Å². The molecule has 118 valence electrons. The van der Waals surface area contributed by atoms with E-state index in [2.05, 4.69) is 10.0 Å². The summed E-state index contributed by atoms with van der Waals surface area (Å²) in [6.07, 6.45) is 1.91. The molecule has 1 unspecified atom stereocenters. The van der Waals surface area contributed by atoms with E-state index >= 15 is 0 Å². The molecule has 0 aromatic heterocycles. The van der Waals surface area contributed by atoms with Gasteiger partial charge in [0.05, 0.1) is 6.04 Å². The standard InChI is InChI=1S/C16H22FN5/c1-21(2)10-9-16(22(19)20-11-18)14-7-8-15(17)13-6-4-3-5-12(13)14/h3-8,11,16H,9-10,19H2,1-2H3,(H2,18,20). The first kappa shape index (κ1) is 16.2. The first-order chi connectivity index (χ1) is 10.5. The van der Waals surface area contributed by atoms with Gasteiger partial charge in [0.15, 0.2) is 0 Å². The lowest BCUT2D eigenvalue weighted by Gasteiger charge is -2.27. The zero-order chi connectivity index (χ0) is 16.1. The Balaban J connectivity index is 2.48. The van der Waals surface area contributed by atoms with Gasteiger partial charge in [-0.05, 0) is 44.1 Å². The lowest BCUT2D eigenvalue weighted by Crippen LogP contribution is -2.33. The molecule has 0 bridgehead atoms. The minimum atomic E-state index is -0.239. The molecule has 2 aromatic carbocycles. The second-order valence-corrected chi connectivity index (χ2v) is 5.43. The molecule has 0 saturated heterocycles. The molecule has 6 heteroatoms. The molecule has 0 saturated carbocycles. The predicted octanol–water partition coefficient (Wildman–Crippen LogP) is 2.05. The van der Waals surface area contributed by atoms with Crippen LogP contribution in [0.1, 0.15) is 18.0 Å². The van der Waals surface area contributed by atoms with Crippen LogP contribution in [-0.2, 0) is 0 Å². The lowest BCUT2D eigenvalue weighted by atomic mass is 9.96. The van der Waals surface area contributed by atoms with Gasteiger partial charge in [-0.1, -0.05) is 30.3 Å². The van der Waals surface area contributed by atoms with E-state index in [0.717, 1.165) is 30.3 Å². The fourth-order valence-corrected chi connectivity index (χ4v) is 2.54. The average Bonchev–Trinajstić information content (AvgIpc) is 2.50. The van der Waals surface area contributed by atoms with E-state index in [9.17, 15) is 4.39 Å².